The van der Waals surface area contributed by atoms with Gasteiger partial charge in [0.1, 0.15) is 0 Å². The van der Waals surface area contributed by atoms with Gasteiger partial charge in [0, 0.05) is 11.6 Å². The second-order valence-corrected chi connectivity index (χ2v) is 5.87. The monoisotopic (exact) mass is 225 g/mol. The van der Waals surface area contributed by atoms with Crippen LogP contribution in [0.5, 0.6) is 0 Å². The van der Waals surface area contributed by atoms with Gasteiger partial charge in [0.25, 0.3) is 0 Å². The third-order valence-electron chi connectivity index (χ3n) is 4.56. The van der Waals surface area contributed by atoms with Crippen LogP contribution in [0.15, 0.2) is 5.10 Å². The highest BCUT2D eigenvalue weighted by molar-refractivity contribution is 7.80. The Hall–Kier alpha value is -0.640. The molecule has 0 aromatic rings. The summed E-state index contributed by atoms with van der Waals surface area (Å²) < 4.78 is 0. The Kier molecular flexibility index (Phi) is 2.49. The fourth-order valence-corrected chi connectivity index (χ4v) is 3.18. The lowest BCUT2D eigenvalue weighted by Crippen LogP contribution is -2.35. The molecule has 2 bridgehead atoms. The van der Waals surface area contributed by atoms with Crippen molar-refractivity contribution in [3.8, 4) is 0 Å². The van der Waals surface area contributed by atoms with Crippen LogP contribution >= 0.6 is 12.2 Å². The van der Waals surface area contributed by atoms with Gasteiger partial charge in [0.15, 0.2) is 5.11 Å². The molecule has 0 unspecified atom stereocenters. The highest BCUT2D eigenvalue weighted by Crippen LogP contribution is 2.57. The average molecular weight is 225 g/mol. The summed E-state index contributed by atoms with van der Waals surface area (Å²) in [7, 11) is 0. The maximum absolute atomic E-state index is 5.37. The van der Waals surface area contributed by atoms with Crippen molar-refractivity contribution in [1.82, 2.24) is 5.43 Å². The van der Waals surface area contributed by atoms with Crippen molar-refractivity contribution in [3.05, 3.63) is 0 Å². The van der Waals surface area contributed by atoms with Gasteiger partial charge in [-0.05, 0) is 42.3 Å². The molecule has 3 nitrogen and oxygen atoms in total. The summed E-state index contributed by atoms with van der Waals surface area (Å²) in [6.45, 7) is 7.08. The number of fused-ring (bicyclic) bond motifs is 2. The van der Waals surface area contributed by atoms with Gasteiger partial charge in [-0.3, -0.25) is 5.43 Å². The molecule has 4 heteroatoms. The van der Waals surface area contributed by atoms with Crippen LogP contribution in [0.4, 0.5) is 0 Å². The highest BCUT2D eigenvalue weighted by atomic mass is 32.1. The zero-order valence-corrected chi connectivity index (χ0v) is 10.4. The minimum absolute atomic E-state index is 0.261. The fourth-order valence-electron chi connectivity index (χ4n) is 3.13. The van der Waals surface area contributed by atoms with E-state index < -0.39 is 0 Å². The third kappa shape index (κ3) is 1.65. The van der Waals surface area contributed by atoms with E-state index in [1.165, 1.54) is 12.1 Å². The number of nitrogens with zero attached hydrogens (tertiary/aromatic N) is 1. The van der Waals surface area contributed by atoms with Crippen LogP contribution in [-0.2, 0) is 0 Å². The smallest absolute Gasteiger partial charge is 0.184 e. The Bertz CT molecular complexity index is 318. The van der Waals surface area contributed by atoms with E-state index in [0.29, 0.717) is 17.3 Å². The molecule has 15 heavy (non-hydrogen) atoms. The molecule has 0 amide bonds. The zero-order valence-electron chi connectivity index (χ0n) is 9.58. The second-order valence-electron chi connectivity index (χ2n) is 5.43. The maximum Gasteiger partial charge on any atom is 0.184 e. The van der Waals surface area contributed by atoms with Crippen molar-refractivity contribution < 1.29 is 0 Å². The average Bonchev–Trinajstić information content (AvgIpc) is 2.64. The van der Waals surface area contributed by atoms with E-state index in [-0.39, 0.29) is 5.11 Å². The lowest BCUT2D eigenvalue weighted by atomic mass is 9.69. The Morgan fingerprint density at radius 2 is 2.27 bits per heavy atom. The van der Waals surface area contributed by atoms with Gasteiger partial charge in [-0.1, -0.05) is 20.8 Å². The molecule has 0 radical (unpaired) electrons. The molecule has 2 rings (SSSR count). The Morgan fingerprint density at radius 3 is 2.73 bits per heavy atom. The summed E-state index contributed by atoms with van der Waals surface area (Å²) in [4.78, 5) is 0. The molecule has 3 atom stereocenters. The van der Waals surface area contributed by atoms with Gasteiger partial charge in [-0.15, -0.1) is 0 Å². The van der Waals surface area contributed by atoms with Crippen molar-refractivity contribution >= 4 is 23.0 Å². The molecule has 0 aromatic carbocycles. The third-order valence-corrected chi connectivity index (χ3v) is 4.65. The molecule has 2 saturated carbocycles. The lowest BCUT2D eigenvalue weighted by molar-refractivity contribution is 0.182. The van der Waals surface area contributed by atoms with Crippen LogP contribution in [0.1, 0.15) is 33.6 Å². The van der Waals surface area contributed by atoms with Crippen molar-refractivity contribution in [2.75, 3.05) is 0 Å². The summed E-state index contributed by atoms with van der Waals surface area (Å²) in [6.07, 6.45) is 2.39. The van der Waals surface area contributed by atoms with E-state index in [1.54, 1.807) is 0 Å². The molecule has 2 fully saturated rings. The molecule has 2 aliphatic rings. The standard InChI is InChI=1S/C11H19N3S/c1-6-8-4-7(11(6,2)3)5-9(8)13-14-10(12)15/h6-8H,4-5H2,1-3H3,(H3,12,14,15)/b13-9-/t6-,7+,8+/m0/s1. The van der Waals surface area contributed by atoms with E-state index in [9.17, 15) is 0 Å². The van der Waals surface area contributed by atoms with E-state index in [1.807, 2.05) is 0 Å². The van der Waals surface area contributed by atoms with Crippen molar-refractivity contribution in [3.63, 3.8) is 0 Å². The van der Waals surface area contributed by atoms with Crippen molar-refractivity contribution in [1.29, 1.82) is 0 Å². The number of nitrogens with two attached hydrogens (primary N) is 1. The van der Waals surface area contributed by atoms with Crippen LogP contribution in [0.2, 0.25) is 0 Å². The first-order valence-corrected chi connectivity index (χ1v) is 5.95. The van der Waals surface area contributed by atoms with Crippen molar-refractivity contribution in [2.45, 2.75) is 33.6 Å². The summed E-state index contributed by atoms with van der Waals surface area (Å²) in [5, 5.41) is 4.58. The van der Waals surface area contributed by atoms with Crippen molar-refractivity contribution in [2.24, 2.45) is 34.0 Å². The maximum atomic E-state index is 5.37. The first-order valence-electron chi connectivity index (χ1n) is 5.55. The lowest BCUT2D eigenvalue weighted by Gasteiger charge is -2.36. The number of hydrogen-bond acceptors (Lipinski definition) is 2. The summed E-state index contributed by atoms with van der Waals surface area (Å²) >= 11 is 4.75. The molecule has 0 saturated heterocycles. The first-order chi connectivity index (χ1) is 6.93. The molecular weight excluding hydrogens is 206 g/mol. The number of nitrogens with one attached hydrogen (secondary N) is 1. The first kappa shape index (κ1) is 10.9. The Labute approximate surface area is 96.5 Å². The molecule has 2 aliphatic carbocycles. The van der Waals surface area contributed by atoms with E-state index in [4.69, 9.17) is 18.0 Å². The van der Waals surface area contributed by atoms with Gasteiger partial charge in [0.2, 0.25) is 0 Å². The number of rotatable bonds is 1. The van der Waals surface area contributed by atoms with Gasteiger partial charge in [-0.25, -0.2) is 0 Å². The van der Waals surface area contributed by atoms with E-state index >= 15 is 0 Å². The van der Waals surface area contributed by atoms with Gasteiger partial charge >= 0.3 is 0 Å². The molecule has 84 valence electrons. The van der Waals surface area contributed by atoms with E-state index in [2.05, 4.69) is 31.3 Å². The number of hydrogen-bond donors (Lipinski definition) is 2. The quantitative estimate of drug-likeness (QED) is 0.529. The normalized spacial score (nSPS) is 39.7. The molecular formula is C11H19N3S. The van der Waals surface area contributed by atoms with Crippen LogP contribution in [0.3, 0.4) is 0 Å². The largest absolute Gasteiger partial charge is 0.375 e. The van der Waals surface area contributed by atoms with Crippen LogP contribution in [0, 0.1) is 23.2 Å². The Morgan fingerprint density at radius 1 is 1.60 bits per heavy atom. The van der Waals surface area contributed by atoms with Crippen LogP contribution in [0.25, 0.3) is 0 Å². The van der Waals surface area contributed by atoms with Gasteiger partial charge < -0.3 is 5.73 Å². The minimum atomic E-state index is 0.261. The molecule has 0 aliphatic heterocycles. The van der Waals surface area contributed by atoms with E-state index in [0.717, 1.165) is 12.3 Å². The Balaban J connectivity index is 2.12. The topological polar surface area (TPSA) is 50.4 Å². The van der Waals surface area contributed by atoms with Gasteiger partial charge in [-0.2, -0.15) is 5.10 Å². The highest BCUT2D eigenvalue weighted by Gasteiger charge is 2.53. The molecule has 3 N–H and O–H groups in total. The predicted molar refractivity (Wildman–Crippen MR) is 66.5 cm³/mol. The fraction of sp³-hybridized carbons (Fsp3) is 0.818. The minimum Gasteiger partial charge on any atom is -0.375 e. The summed E-state index contributed by atoms with van der Waals surface area (Å²) in [6, 6.07) is 0. The SMILES string of the molecule is C[C@H]1[C@H]2C[C@H](C/C2=N/NC(N)=S)C1(C)C. The summed E-state index contributed by atoms with van der Waals surface area (Å²) in [5.41, 5.74) is 9.82. The predicted octanol–water partition coefficient (Wildman–Crippen LogP) is 1.88. The van der Waals surface area contributed by atoms with Crippen LogP contribution in [-0.4, -0.2) is 10.8 Å². The molecule has 0 heterocycles. The number of hydrazone groups is 1. The zero-order chi connectivity index (χ0) is 11.2. The van der Waals surface area contributed by atoms with Crippen LogP contribution < -0.4 is 11.2 Å². The number of thiocarbonyl (C=S) groups is 1. The molecule has 0 aromatic heterocycles. The second kappa shape index (κ2) is 3.44. The van der Waals surface area contributed by atoms with Gasteiger partial charge in [0.05, 0.1) is 0 Å². The summed E-state index contributed by atoms with van der Waals surface area (Å²) in [5.74, 6) is 2.12. The molecule has 0 spiro atoms.